The third kappa shape index (κ3) is 4.43. The van der Waals surface area contributed by atoms with Crippen LogP contribution in [0.2, 0.25) is 0 Å². The molecule has 0 aliphatic heterocycles. The molecule has 4 rings (SSSR count). The first-order valence-electron chi connectivity index (χ1n) is 8.73. The Hall–Kier alpha value is -3.00. The molecule has 0 radical (unpaired) electrons. The van der Waals surface area contributed by atoms with E-state index in [9.17, 15) is 14.3 Å². The third-order valence-electron chi connectivity index (χ3n) is 4.50. The van der Waals surface area contributed by atoms with Crippen LogP contribution in [-0.4, -0.2) is 28.1 Å². The van der Waals surface area contributed by atoms with Crippen molar-refractivity contribution in [3.05, 3.63) is 84.3 Å². The van der Waals surface area contributed by atoms with Crippen LogP contribution in [0.4, 0.5) is 4.39 Å². The van der Waals surface area contributed by atoms with Crippen LogP contribution in [0.15, 0.2) is 72.9 Å². The Balaban J connectivity index is 0.00000256. The van der Waals surface area contributed by atoms with Crippen LogP contribution in [-0.2, 0) is 0 Å². The first kappa shape index (κ1) is 21.7. The standard InChI is InChI=1S/C22H16FN3O3.Na/c1-29-18-9-10-20(23)19(12-18)14-5-7-17(8-6-14)26-13-21(24-25-26)15-3-2-4-16(11-15)22(27)28;/h2-13H,1H3,(H,27,28);/q;+1/p-1. The Kier molecular flexibility index (Phi) is 6.66. The van der Waals surface area contributed by atoms with Crippen molar-refractivity contribution < 1.29 is 48.6 Å². The minimum atomic E-state index is -1.25. The largest absolute Gasteiger partial charge is 1.00 e. The van der Waals surface area contributed by atoms with Gasteiger partial charge in [-0.2, -0.15) is 0 Å². The van der Waals surface area contributed by atoms with Gasteiger partial charge in [0, 0.05) is 11.1 Å². The van der Waals surface area contributed by atoms with E-state index in [1.165, 1.54) is 25.3 Å². The van der Waals surface area contributed by atoms with Crippen molar-refractivity contribution >= 4 is 5.97 Å². The van der Waals surface area contributed by atoms with E-state index < -0.39 is 5.97 Å². The normalized spacial score (nSPS) is 10.3. The van der Waals surface area contributed by atoms with Crippen LogP contribution in [0, 0.1) is 5.82 Å². The molecular formula is C22H15FN3NaO3. The fourth-order valence-electron chi connectivity index (χ4n) is 2.97. The maximum atomic E-state index is 14.2. The summed E-state index contributed by atoms with van der Waals surface area (Å²) < 4.78 is 20.9. The Morgan fingerprint density at radius 3 is 2.50 bits per heavy atom. The fraction of sp³-hybridized carbons (Fsp3) is 0.0455. The quantitative estimate of drug-likeness (QED) is 0.436. The zero-order valence-corrected chi connectivity index (χ0v) is 18.4. The number of hydrogen-bond donors (Lipinski definition) is 0. The van der Waals surface area contributed by atoms with E-state index in [-0.39, 0.29) is 40.9 Å². The van der Waals surface area contributed by atoms with Gasteiger partial charge in [0.2, 0.25) is 0 Å². The summed E-state index contributed by atoms with van der Waals surface area (Å²) in [6.45, 7) is 0. The average Bonchev–Trinajstić information content (AvgIpc) is 3.25. The summed E-state index contributed by atoms with van der Waals surface area (Å²) in [7, 11) is 1.53. The maximum Gasteiger partial charge on any atom is 1.00 e. The Labute approximate surface area is 194 Å². The van der Waals surface area contributed by atoms with E-state index in [2.05, 4.69) is 10.3 Å². The summed E-state index contributed by atoms with van der Waals surface area (Å²) >= 11 is 0. The van der Waals surface area contributed by atoms with Crippen LogP contribution in [0.25, 0.3) is 28.1 Å². The number of carboxylic acid groups (broad SMARTS) is 1. The molecule has 0 unspecified atom stereocenters. The van der Waals surface area contributed by atoms with Crippen LogP contribution in [0.3, 0.4) is 0 Å². The summed E-state index contributed by atoms with van der Waals surface area (Å²) in [5, 5.41) is 19.2. The monoisotopic (exact) mass is 411 g/mol. The van der Waals surface area contributed by atoms with E-state index in [1.54, 1.807) is 59.4 Å². The second-order valence-electron chi connectivity index (χ2n) is 6.31. The summed E-state index contributed by atoms with van der Waals surface area (Å²) in [5.41, 5.74) is 3.08. The van der Waals surface area contributed by atoms with Gasteiger partial charge in [0.25, 0.3) is 0 Å². The van der Waals surface area contributed by atoms with Gasteiger partial charge < -0.3 is 14.6 Å². The van der Waals surface area contributed by atoms with Crippen molar-refractivity contribution in [2.75, 3.05) is 7.11 Å². The predicted molar refractivity (Wildman–Crippen MR) is 103 cm³/mol. The fourth-order valence-corrected chi connectivity index (χ4v) is 2.97. The topological polar surface area (TPSA) is 80.1 Å². The van der Waals surface area contributed by atoms with E-state index in [1.807, 2.05) is 0 Å². The number of nitrogens with zero attached hydrogens (tertiary/aromatic N) is 3. The molecule has 8 heteroatoms. The van der Waals surface area contributed by atoms with Crippen molar-refractivity contribution in [1.29, 1.82) is 0 Å². The van der Waals surface area contributed by atoms with Crippen molar-refractivity contribution in [1.82, 2.24) is 15.0 Å². The van der Waals surface area contributed by atoms with Crippen molar-refractivity contribution in [3.8, 4) is 33.8 Å². The molecule has 0 saturated heterocycles. The van der Waals surface area contributed by atoms with E-state index in [0.717, 1.165) is 5.69 Å². The average molecular weight is 411 g/mol. The summed E-state index contributed by atoms with van der Waals surface area (Å²) in [6, 6.07) is 18.0. The molecule has 0 amide bonds. The molecule has 3 aromatic carbocycles. The van der Waals surface area contributed by atoms with Gasteiger partial charge in [-0.05, 0) is 47.5 Å². The van der Waals surface area contributed by atoms with Crippen molar-refractivity contribution in [2.45, 2.75) is 0 Å². The molecule has 4 aromatic rings. The number of halogens is 1. The number of methoxy groups -OCH3 is 1. The van der Waals surface area contributed by atoms with Gasteiger partial charge in [-0.25, -0.2) is 9.07 Å². The van der Waals surface area contributed by atoms with Crippen molar-refractivity contribution in [3.63, 3.8) is 0 Å². The number of carbonyl (C=O) groups excluding carboxylic acids is 1. The molecule has 6 nitrogen and oxygen atoms in total. The van der Waals surface area contributed by atoms with E-state index >= 15 is 0 Å². The number of carbonyl (C=O) groups is 1. The number of hydrogen-bond acceptors (Lipinski definition) is 5. The zero-order valence-electron chi connectivity index (χ0n) is 16.4. The SMILES string of the molecule is COc1ccc(F)c(-c2ccc(-n3cc(-c4cccc(C(=O)[O-])c4)nn3)cc2)c1.[Na+]. The second-order valence-corrected chi connectivity index (χ2v) is 6.31. The van der Waals surface area contributed by atoms with Gasteiger partial charge in [-0.3, -0.25) is 0 Å². The van der Waals surface area contributed by atoms with E-state index in [0.29, 0.717) is 28.1 Å². The van der Waals surface area contributed by atoms with Crippen LogP contribution >= 0.6 is 0 Å². The molecule has 0 aliphatic rings. The van der Waals surface area contributed by atoms with Crippen LogP contribution in [0.5, 0.6) is 5.75 Å². The van der Waals surface area contributed by atoms with Gasteiger partial charge >= 0.3 is 29.6 Å². The zero-order chi connectivity index (χ0) is 20.4. The molecule has 0 bridgehead atoms. The molecule has 0 saturated carbocycles. The predicted octanol–water partition coefficient (Wildman–Crippen LogP) is 0.116. The molecule has 0 atom stereocenters. The summed E-state index contributed by atoms with van der Waals surface area (Å²) in [4.78, 5) is 11.0. The molecular weight excluding hydrogens is 396 g/mol. The van der Waals surface area contributed by atoms with Gasteiger partial charge in [0.15, 0.2) is 0 Å². The smallest absolute Gasteiger partial charge is 0.545 e. The minimum absolute atomic E-state index is 0. The van der Waals surface area contributed by atoms with Gasteiger partial charge in [0.05, 0.1) is 25.0 Å². The van der Waals surface area contributed by atoms with Gasteiger partial charge in [-0.15, -0.1) is 5.10 Å². The number of aromatic carboxylic acids is 1. The van der Waals surface area contributed by atoms with Crippen LogP contribution in [0.1, 0.15) is 10.4 Å². The Morgan fingerprint density at radius 2 is 1.80 bits per heavy atom. The second kappa shape index (κ2) is 9.21. The first-order chi connectivity index (χ1) is 14.0. The number of rotatable bonds is 5. The van der Waals surface area contributed by atoms with Crippen molar-refractivity contribution in [2.24, 2.45) is 0 Å². The molecule has 30 heavy (non-hydrogen) atoms. The molecule has 0 aliphatic carbocycles. The number of carboxylic acids is 1. The third-order valence-corrected chi connectivity index (χ3v) is 4.50. The first-order valence-corrected chi connectivity index (χ1v) is 8.73. The summed E-state index contributed by atoms with van der Waals surface area (Å²) in [5.74, 6) is -1.01. The van der Waals surface area contributed by atoms with Gasteiger partial charge in [-0.1, -0.05) is 35.5 Å². The minimum Gasteiger partial charge on any atom is -0.545 e. The maximum absolute atomic E-state index is 14.2. The molecule has 0 fully saturated rings. The molecule has 0 N–H and O–H groups in total. The number of ether oxygens (including phenoxy) is 1. The number of aromatic nitrogens is 3. The Bertz CT molecular complexity index is 1190. The van der Waals surface area contributed by atoms with E-state index in [4.69, 9.17) is 4.74 Å². The summed E-state index contributed by atoms with van der Waals surface area (Å²) in [6.07, 6.45) is 1.69. The molecule has 1 aromatic heterocycles. The molecule has 144 valence electrons. The number of benzene rings is 3. The molecule has 0 spiro atoms. The Morgan fingerprint density at radius 1 is 1.03 bits per heavy atom. The van der Waals surface area contributed by atoms with Gasteiger partial charge in [0.1, 0.15) is 17.3 Å². The molecule has 1 heterocycles. The van der Waals surface area contributed by atoms with Crippen LogP contribution < -0.4 is 39.4 Å².